The number of sulfone groups is 1. The number of amides is 1. The first-order chi connectivity index (χ1) is 14.0. The third-order valence-corrected chi connectivity index (χ3v) is 8.59. The van der Waals surface area contributed by atoms with E-state index in [1.807, 2.05) is 0 Å². The van der Waals surface area contributed by atoms with Crippen molar-refractivity contribution in [2.24, 2.45) is 0 Å². The Labute approximate surface area is 198 Å². The lowest BCUT2D eigenvalue weighted by Crippen LogP contribution is -2.43. The van der Waals surface area contributed by atoms with Gasteiger partial charge in [-0.05, 0) is 25.5 Å². The number of benzene rings is 1. The second-order valence-corrected chi connectivity index (χ2v) is 10.9. The number of ether oxygens (including phenoxy) is 1. The van der Waals surface area contributed by atoms with Crippen molar-refractivity contribution in [2.75, 3.05) is 18.1 Å². The zero-order chi connectivity index (χ0) is 22.2. The van der Waals surface area contributed by atoms with E-state index in [1.54, 1.807) is 19.1 Å². The highest BCUT2D eigenvalue weighted by molar-refractivity contribution is 7.91. The van der Waals surface area contributed by atoms with Gasteiger partial charge in [-0.1, -0.05) is 58.0 Å². The van der Waals surface area contributed by atoms with E-state index in [4.69, 9.17) is 67.2 Å². The first-order valence-electron chi connectivity index (χ1n) is 8.69. The van der Waals surface area contributed by atoms with Gasteiger partial charge in [-0.2, -0.15) is 0 Å². The summed E-state index contributed by atoms with van der Waals surface area (Å²) >= 11 is 30.3. The van der Waals surface area contributed by atoms with Gasteiger partial charge in [-0.3, -0.25) is 4.79 Å². The van der Waals surface area contributed by atoms with E-state index < -0.39 is 28.4 Å². The quantitative estimate of drug-likeness (QED) is 0.363. The normalized spacial score (nSPS) is 17.9. The number of aryl methyl sites for hydroxylation is 1. The first kappa shape index (κ1) is 23.8. The Bertz CT molecular complexity index is 1060. The molecule has 1 amide bonds. The Morgan fingerprint density at radius 1 is 1.10 bits per heavy atom. The summed E-state index contributed by atoms with van der Waals surface area (Å²) < 4.78 is 34.9. The van der Waals surface area contributed by atoms with Crippen molar-refractivity contribution in [1.29, 1.82) is 0 Å². The smallest absolute Gasteiger partial charge is 0.261 e. The Kier molecular flexibility index (Phi) is 7.42. The van der Waals surface area contributed by atoms with Crippen molar-refractivity contribution in [2.45, 2.75) is 25.9 Å². The summed E-state index contributed by atoms with van der Waals surface area (Å²) in [5.74, 6) is 0.535. The van der Waals surface area contributed by atoms with Crippen LogP contribution < -0.4 is 4.74 Å². The average molecular weight is 536 g/mol. The number of hydrogen-bond acceptors (Lipinski definition) is 5. The summed E-state index contributed by atoms with van der Waals surface area (Å²) in [6, 6.07) is 2.99. The molecule has 2 heterocycles. The van der Waals surface area contributed by atoms with Crippen LogP contribution in [0.4, 0.5) is 0 Å². The van der Waals surface area contributed by atoms with Gasteiger partial charge in [0, 0.05) is 6.04 Å². The molecule has 6 nitrogen and oxygen atoms in total. The molecule has 1 aliphatic heterocycles. The average Bonchev–Trinajstić information content (AvgIpc) is 3.27. The fourth-order valence-corrected chi connectivity index (χ4v) is 6.07. The van der Waals surface area contributed by atoms with Crippen LogP contribution in [-0.2, 0) is 21.2 Å². The molecule has 1 fully saturated rings. The number of halogens is 5. The van der Waals surface area contributed by atoms with Crippen molar-refractivity contribution >= 4 is 73.7 Å². The van der Waals surface area contributed by atoms with E-state index in [2.05, 4.69) is 0 Å². The Hall–Kier alpha value is -0.830. The number of carbonyl (C=O) groups excluding carboxylic acids is 1. The molecule has 0 saturated carbocycles. The van der Waals surface area contributed by atoms with E-state index in [-0.39, 0.29) is 48.9 Å². The van der Waals surface area contributed by atoms with Crippen molar-refractivity contribution in [3.8, 4) is 5.75 Å². The van der Waals surface area contributed by atoms with Gasteiger partial charge < -0.3 is 14.1 Å². The summed E-state index contributed by atoms with van der Waals surface area (Å²) in [7, 11) is -3.21. The van der Waals surface area contributed by atoms with Crippen LogP contribution in [0.15, 0.2) is 16.5 Å². The van der Waals surface area contributed by atoms with E-state index in [1.165, 1.54) is 4.90 Å². The van der Waals surface area contributed by atoms with Gasteiger partial charge >= 0.3 is 0 Å². The van der Waals surface area contributed by atoms with Gasteiger partial charge in [-0.15, -0.1) is 0 Å². The van der Waals surface area contributed by atoms with Crippen LogP contribution in [0.1, 0.15) is 17.9 Å². The molecule has 0 spiro atoms. The monoisotopic (exact) mass is 533 g/mol. The molecule has 0 radical (unpaired) electrons. The van der Waals surface area contributed by atoms with Crippen LogP contribution in [0.2, 0.25) is 25.1 Å². The third-order valence-electron chi connectivity index (χ3n) is 4.60. The molecule has 1 aliphatic rings. The molecule has 0 bridgehead atoms. The van der Waals surface area contributed by atoms with Crippen LogP contribution >= 0.6 is 58.0 Å². The fourth-order valence-electron chi connectivity index (χ4n) is 3.11. The molecular formula is C18H16Cl5NO5S. The highest BCUT2D eigenvalue weighted by Gasteiger charge is 2.35. The topological polar surface area (TPSA) is 76.8 Å². The highest BCUT2D eigenvalue weighted by Crippen LogP contribution is 2.48. The standard InChI is InChI=1S/C18H16Cl5NO5S/c1-9-2-3-11(29-9)6-24(10-4-5-30(26,27)8-10)12(25)7-28-18-16(22)14(20)13(19)15(21)17(18)23/h2-3,10H,4-8H2,1H3. The summed E-state index contributed by atoms with van der Waals surface area (Å²) in [5.41, 5.74) is 0. The largest absolute Gasteiger partial charge is 0.481 e. The Morgan fingerprint density at radius 2 is 1.70 bits per heavy atom. The highest BCUT2D eigenvalue weighted by atomic mass is 35.5. The predicted octanol–water partition coefficient (Wildman–Crippen LogP) is 5.45. The van der Waals surface area contributed by atoms with Crippen LogP contribution in [0.25, 0.3) is 0 Å². The van der Waals surface area contributed by atoms with Crippen LogP contribution in [0.3, 0.4) is 0 Å². The molecule has 1 aromatic carbocycles. The lowest BCUT2D eigenvalue weighted by Gasteiger charge is -2.27. The first-order valence-corrected chi connectivity index (χ1v) is 12.4. The number of carbonyl (C=O) groups is 1. The molecule has 1 atom stereocenters. The van der Waals surface area contributed by atoms with Crippen LogP contribution in [0.5, 0.6) is 5.75 Å². The van der Waals surface area contributed by atoms with Crippen molar-refractivity contribution in [1.82, 2.24) is 4.90 Å². The minimum absolute atomic E-state index is 0.0134. The Morgan fingerprint density at radius 3 is 2.20 bits per heavy atom. The molecule has 0 N–H and O–H groups in total. The number of rotatable bonds is 6. The predicted molar refractivity (Wildman–Crippen MR) is 118 cm³/mol. The van der Waals surface area contributed by atoms with Gasteiger partial charge in [0.15, 0.2) is 22.2 Å². The zero-order valence-corrected chi connectivity index (χ0v) is 20.2. The molecule has 12 heteroatoms. The lowest BCUT2D eigenvalue weighted by molar-refractivity contribution is -0.136. The molecule has 2 aromatic rings. The molecule has 1 aromatic heterocycles. The van der Waals surface area contributed by atoms with Gasteiger partial charge in [-0.25, -0.2) is 8.42 Å². The van der Waals surface area contributed by atoms with Crippen molar-refractivity contribution in [3.05, 3.63) is 48.8 Å². The van der Waals surface area contributed by atoms with Crippen molar-refractivity contribution in [3.63, 3.8) is 0 Å². The number of hydrogen-bond donors (Lipinski definition) is 0. The summed E-state index contributed by atoms with van der Waals surface area (Å²) in [4.78, 5) is 14.4. The minimum atomic E-state index is -3.21. The molecule has 0 aliphatic carbocycles. The maximum atomic E-state index is 13.0. The molecule has 1 unspecified atom stereocenters. The summed E-state index contributed by atoms with van der Waals surface area (Å²) in [5, 5.41) is -0.306. The Balaban J connectivity index is 1.82. The van der Waals surface area contributed by atoms with E-state index in [0.29, 0.717) is 17.9 Å². The molecular weight excluding hydrogens is 520 g/mol. The molecule has 1 saturated heterocycles. The van der Waals surface area contributed by atoms with E-state index in [9.17, 15) is 13.2 Å². The van der Waals surface area contributed by atoms with Crippen molar-refractivity contribution < 1.29 is 22.4 Å². The minimum Gasteiger partial charge on any atom is -0.481 e. The number of furan rings is 1. The lowest BCUT2D eigenvalue weighted by atomic mass is 10.2. The molecule has 30 heavy (non-hydrogen) atoms. The van der Waals surface area contributed by atoms with E-state index >= 15 is 0 Å². The second kappa shape index (κ2) is 9.35. The SMILES string of the molecule is Cc1ccc(CN(C(=O)COc2c(Cl)c(Cl)c(Cl)c(Cl)c2Cl)C2CCS(=O)(=O)C2)o1. The summed E-state index contributed by atoms with van der Waals surface area (Å²) in [6.45, 7) is 1.40. The maximum absolute atomic E-state index is 13.0. The molecule has 3 rings (SSSR count). The maximum Gasteiger partial charge on any atom is 0.261 e. The van der Waals surface area contributed by atoms with Crippen LogP contribution in [0, 0.1) is 6.92 Å². The van der Waals surface area contributed by atoms with Gasteiger partial charge in [0.1, 0.15) is 21.6 Å². The van der Waals surface area contributed by atoms with E-state index in [0.717, 1.165) is 0 Å². The zero-order valence-electron chi connectivity index (χ0n) is 15.6. The van der Waals surface area contributed by atoms with Gasteiger partial charge in [0.25, 0.3) is 5.91 Å². The van der Waals surface area contributed by atoms with Crippen LogP contribution in [-0.4, -0.2) is 43.4 Å². The number of nitrogens with zero attached hydrogens (tertiary/aromatic N) is 1. The fraction of sp³-hybridized carbons (Fsp3) is 0.389. The second-order valence-electron chi connectivity index (χ2n) is 6.78. The molecule has 164 valence electrons. The summed E-state index contributed by atoms with van der Waals surface area (Å²) in [6.07, 6.45) is 0.327. The third kappa shape index (κ3) is 5.14. The van der Waals surface area contributed by atoms with Gasteiger partial charge in [0.05, 0.1) is 33.1 Å². The van der Waals surface area contributed by atoms with Gasteiger partial charge in [0.2, 0.25) is 0 Å².